The van der Waals surface area contributed by atoms with E-state index >= 15 is 0 Å². The summed E-state index contributed by atoms with van der Waals surface area (Å²) < 4.78 is 0. The van der Waals surface area contributed by atoms with Gasteiger partial charge < -0.3 is 2.85 Å². The molecular weight excluding hydrogens is 200 g/mol. The molecule has 2 heteroatoms. The van der Waals surface area contributed by atoms with E-state index in [1.807, 2.05) is 0 Å². The molecule has 0 aromatic rings. The molecule has 1 atom stereocenters. The summed E-state index contributed by atoms with van der Waals surface area (Å²) in [7, 11) is 0. The number of hydrogen-bond donors (Lipinski definition) is 0. The zero-order valence-electron chi connectivity index (χ0n) is 9.20. The Morgan fingerprint density at radius 3 is 2.40 bits per heavy atom. The van der Waals surface area contributed by atoms with E-state index in [9.17, 15) is 0 Å². The van der Waals surface area contributed by atoms with Gasteiger partial charge in [0.25, 0.3) is 0 Å². The van der Waals surface area contributed by atoms with Crippen LogP contribution in [-0.4, -0.2) is 28.4 Å². The second kappa shape index (κ2) is 10.2. The summed E-state index contributed by atoms with van der Waals surface area (Å²) in [6.07, 6.45) is 5.46. The molecule has 0 aliphatic carbocycles. The molecule has 0 aromatic heterocycles. The van der Waals surface area contributed by atoms with Crippen molar-refractivity contribution >= 4 is 39.0 Å². The molecule has 0 saturated heterocycles. The fraction of sp³-hybridized carbons (Fsp3) is 1.00. The van der Waals surface area contributed by atoms with Crippen molar-refractivity contribution in [3.05, 3.63) is 0 Å². The Hall–Kier alpha value is 1.25. The molecule has 0 amide bonds. The van der Waals surface area contributed by atoms with Gasteiger partial charge in [0.15, 0.2) is 0 Å². The van der Waals surface area contributed by atoms with Crippen LogP contribution in [0.5, 0.6) is 0 Å². The maximum absolute atomic E-state index is 3.43. The van der Waals surface area contributed by atoms with E-state index < -0.39 is 0 Å². The smallest absolute Gasteiger partial charge is 1.00 e. The predicted molar refractivity (Wildman–Crippen MR) is 55.1 cm³/mol. The van der Waals surface area contributed by atoms with Crippen LogP contribution < -0.4 is 0 Å². The van der Waals surface area contributed by atoms with E-state index in [0.29, 0.717) is 0 Å². The molecule has 0 saturated carbocycles. The molecule has 0 N–H and O–H groups in total. The Labute approximate surface area is 92.4 Å². The molecule has 10 heavy (non-hydrogen) atoms. The minimum atomic E-state index is 0. The van der Waals surface area contributed by atoms with Crippen LogP contribution in [-0.2, 0) is 0 Å². The van der Waals surface area contributed by atoms with Crippen molar-refractivity contribution in [2.24, 2.45) is 5.92 Å². The fourth-order valence-corrected chi connectivity index (χ4v) is 1.39. The summed E-state index contributed by atoms with van der Waals surface area (Å²) >= 11 is 3.43. The molecule has 0 nitrogen and oxygen atoms in total. The van der Waals surface area contributed by atoms with Gasteiger partial charge in [0.05, 0.1) is 0 Å². The number of hydrogen-bond acceptors (Lipinski definition) is 0. The van der Waals surface area contributed by atoms with Crippen molar-refractivity contribution in [1.29, 1.82) is 0 Å². The Morgan fingerprint density at radius 1 is 1.40 bits per heavy atom. The maximum Gasteiger partial charge on any atom is 2.00 e. The van der Waals surface area contributed by atoms with Crippen LogP contribution >= 0.6 is 15.9 Å². The average Bonchev–Trinajstić information content (AvgIpc) is 1.85. The third-order valence-electron chi connectivity index (χ3n) is 1.61. The first-order valence-electron chi connectivity index (χ1n) is 3.87. The second-order valence-corrected chi connectivity index (χ2v) is 3.52. The molecule has 0 fully saturated rings. The molecule has 0 rings (SSSR count). The summed E-state index contributed by atoms with van der Waals surface area (Å²) in [4.78, 5) is 0. The van der Waals surface area contributed by atoms with Gasteiger partial charge in [0.1, 0.15) is 0 Å². The molecule has 0 bridgehead atoms. The van der Waals surface area contributed by atoms with Gasteiger partial charge in [-0.3, -0.25) is 0 Å². The molecule has 0 aliphatic rings. The zero-order valence-corrected chi connectivity index (χ0v) is 10.2. The van der Waals surface area contributed by atoms with Crippen molar-refractivity contribution in [3.8, 4) is 0 Å². The van der Waals surface area contributed by atoms with Gasteiger partial charge >= 0.3 is 23.1 Å². The first-order valence-corrected chi connectivity index (χ1v) is 4.99. The molecule has 1 unspecified atom stereocenters. The second-order valence-electron chi connectivity index (χ2n) is 2.73. The van der Waals surface area contributed by atoms with Gasteiger partial charge in [-0.1, -0.05) is 42.6 Å². The quantitative estimate of drug-likeness (QED) is 0.491. The SMILES string of the molecule is CCCC(C)CCCBr.[H-].[H-].[Mg+2]. The monoisotopic (exact) mass is 218 g/mol. The topological polar surface area (TPSA) is 0 Å². The van der Waals surface area contributed by atoms with Gasteiger partial charge in [-0.15, -0.1) is 0 Å². The largest absolute Gasteiger partial charge is 2.00 e. The van der Waals surface area contributed by atoms with Crippen LogP contribution in [0.25, 0.3) is 0 Å². The van der Waals surface area contributed by atoms with Gasteiger partial charge in [-0.2, -0.15) is 0 Å². The molecule has 60 valence electrons. The van der Waals surface area contributed by atoms with Crippen molar-refractivity contribution in [3.63, 3.8) is 0 Å². The summed E-state index contributed by atoms with van der Waals surface area (Å²) in [5.74, 6) is 0.938. The summed E-state index contributed by atoms with van der Waals surface area (Å²) in [6, 6.07) is 0. The molecule has 0 radical (unpaired) electrons. The molecule has 0 spiro atoms. The number of alkyl halides is 1. The van der Waals surface area contributed by atoms with Crippen LogP contribution in [0.4, 0.5) is 0 Å². The molecule has 0 heterocycles. The first-order chi connectivity index (χ1) is 4.31. The third kappa shape index (κ3) is 9.25. The minimum absolute atomic E-state index is 0. The van der Waals surface area contributed by atoms with Crippen LogP contribution in [0.1, 0.15) is 42.4 Å². The van der Waals surface area contributed by atoms with Crippen molar-refractivity contribution in [2.45, 2.75) is 39.5 Å². The van der Waals surface area contributed by atoms with Gasteiger partial charge in [-0.05, 0) is 18.8 Å². The molecule has 0 aliphatic heterocycles. The molecular formula is C8H19BrMg. The standard InChI is InChI=1S/C8H17Br.Mg.2H/c1-3-5-8(2)6-4-7-9;;;/h8H,3-7H2,1-2H3;;;/q;+2;2*-1. The van der Waals surface area contributed by atoms with E-state index in [2.05, 4.69) is 29.8 Å². The van der Waals surface area contributed by atoms with E-state index in [-0.39, 0.29) is 25.9 Å². The van der Waals surface area contributed by atoms with Crippen LogP contribution in [0.15, 0.2) is 0 Å². The summed E-state index contributed by atoms with van der Waals surface area (Å²) in [5, 5.41) is 1.17. The average molecular weight is 219 g/mol. The van der Waals surface area contributed by atoms with E-state index in [4.69, 9.17) is 0 Å². The Kier molecular flexibility index (Phi) is 14.2. The number of halogens is 1. The van der Waals surface area contributed by atoms with E-state index in [0.717, 1.165) is 5.92 Å². The number of rotatable bonds is 5. The first kappa shape index (κ1) is 13.8. The normalized spacial score (nSPS) is 12.3. The molecule has 0 aromatic carbocycles. The van der Waals surface area contributed by atoms with Crippen molar-refractivity contribution in [1.82, 2.24) is 0 Å². The van der Waals surface area contributed by atoms with E-state index in [1.54, 1.807) is 0 Å². The Morgan fingerprint density at radius 2 is 2.00 bits per heavy atom. The third-order valence-corrected chi connectivity index (χ3v) is 2.17. The summed E-state index contributed by atoms with van der Waals surface area (Å²) in [6.45, 7) is 4.59. The van der Waals surface area contributed by atoms with E-state index in [1.165, 1.54) is 31.0 Å². The fourth-order valence-electron chi connectivity index (χ4n) is 1.06. The Bertz CT molecular complexity index is 65.0. The van der Waals surface area contributed by atoms with Gasteiger partial charge in [0, 0.05) is 5.33 Å². The zero-order chi connectivity index (χ0) is 7.11. The van der Waals surface area contributed by atoms with Crippen molar-refractivity contribution < 1.29 is 2.85 Å². The minimum Gasteiger partial charge on any atom is -1.00 e. The van der Waals surface area contributed by atoms with Gasteiger partial charge in [0.2, 0.25) is 0 Å². The van der Waals surface area contributed by atoms with Crippen LogP contribution in [0.3, 0.4) is 0 Å². The Balaban J connectivity index is -0.000000107. The maximum atomic E-state index is 3.43. The van der Waals surface area contributed by atoms with Crippen LogP contribution in [0, 0.1) is 5.92 Å². The predicted octanol–water partition coefficient (Wildman–Crippen LogP) is 3.44. The van der Waals surface area contributed by atoms with Crippen LogP contribution in [0.2, 0.25) is 0 Å². The summed E-state index contributed by atoms with van der Waals surface area (Å²) in [5.41, 5.74) is 0. The van der Waals surface area contributed by atoms with Crippen molar-refractivity contribution in [2.75, 3.05) is 5.33 Å². The van der Waals surface area contributed by atoms with Gasteiger partial charge in [-0.25, -0.2) is 0 Å².